The van der Waals surface area contributed by atoms with Gasteiger partial charge in [-0.3, -0.25) is 24.7 Å². The van der Waals surface area contributed by atoms with E-state index in [-0.39, 0.29) is 10.3 Å². The number of ketones is 1. The van der Waals surface area contributed by atoms with E-state index in [4.69, 9.17) is 9.97 Å². The summed E-state index contributed by atoms with van der Waals surface area (Å²) in [6, 6.07) is 7.33. The van der Waals surface area contributed by atoms with Crippen molar-refractivity contribution >= 4 is 44.4 Å². The number of hydrogen-bond donors (Lipinski definition) is 0. The van der Waals surface area contributed by atoms with E-state index >= 15 is 0 Å². The average molecular weight is 623 g/mol. The molecule has 4 rings (SSSR count). The minimum atomic E-state index is -1.45. The van der Waals surface area contributed by atoms with Crippen molar-refractivity contribution in [3.8, 4) is 0 Å². The first-order chi connectivity index (χ1) is 18.8. The molecule has 9 heteroatoms. The lowest BCUT2D eigenvalue weighted by Crippen LogP contribution is -2.45. The maximum atomic E-state index is 13.0. The Bertz CT molecular complexity index is 1340. The van der Waals surface area contributed by atoms with Gasteiger partial charge in [-0.25, -0.2) is 0 Å². The van der Waals surface area contributed by atoms with Gasteiger partial charge in [0.25, 0.3) is 0 Å². The molecule has 1 aromatic carbocycles. The maximum Gasteiger partial charge on any atom is 0.134 e. The average Bonchev–Trinajstić information content (AvgIpc) is 2.82. The van der Waals surface area contributed by atoms with Gasteiger partial charge in [0, 0.05) is 53.8 Å². The highest BCUT2D eigenvalue weighted by Gasteiger charge is 2.50. The third kappa shape index (κ3) is 7.12. The fourth-order valence-corrected chi connectivity index (χ4v) is 14.7. The molecule has 1 aliphatic rings. The standard InChI is InChI=1S/C32H48N4OP2Si2/c1-30(2)17-25(37)18-31(3,4)39(30)27-16-24(22-41(8,9)10)23(21-40(5,6)7)15-26(27)32(38,28-19-33-11-13-35-28)29-20-34-12-14-36-29/h11-16,19-20H,17-18,21-22,38H2,1-10H3. The van der Waals surface area contributed by atoms with Crippen LogP contribution in [0.3, 0.4) is 0 Å². The van der Waals surface area contributed by atoms with Gasteiger partial charge in [0.2, 0.25) is 0 Å². The lowest BCUT2D eigenvalue weighted by Gasteiger charge is -2.51. The molecular formula is C32H48N4OP2Si2. The van der Waals surface area contributed by atoms with E-state index in [1.165, 1.54) is 22.0 Å². The lowest BCUT2D eigenvalue weighted by molar-refractivity contribution is -0.120. The smallest absolute Gasteiger partial charge is 0.134 e. The van der Waals surface area contributed by atoms with Gasteiger partial charge in [-0.05, 0) is 44.4 Å². The normalized spacial score (nSPS) is 18.0. The molecule has 1 unspecified atom stereocenters. The molecule has 0 bridgehead atoms. The summed E-state index contributed by atoms with van der Waals surface area (Å²) in [7, 11) is -0.490. The zero-order valence-electron chi connectivity index (χ0n) is 26.7. The Hall–Kier alpha value is -1.66. The van der Waals surface area contributed by atoms with Crippen LogP contribution in [0.25, 0.3) is 0 Å². The van der Waals surface area contributed by atoms with Crippen molar-refractivity contribution in [1.29, 1.82) is 0 Å². The molecule has 1 atom stereocenters. The van der Waals surface area contributed by atoms with E-state index in [0.29, 0.717) is 18.6 Å². The SMILES string of the molecule is CC1(C)CC(=O)CC(C)(C)P1c1cc(C[Si](C)(C)C)c(C[Si](C)(C)C)cc1C(P)(c1cnccn1)c1cnccn1. The van der Waals surface area contributed by atoms with Crippen LogP contribution in [0.15, 0.2) is 49.3 Å². The second kappa shape index (κ2) is 11.4. The number of Topliss-reactive ketones (excluding diaryl/α,β-unsaturated/α-hetero) is 1. The highest BCUT2D eigenvalue weighted by molar-refractivity contribution is 7.69. The number of rotatable bonds is 8. The van der Waals surface area contributed by atoms with Crippen molar-refractivity contribution in [3.63, 3.8) is 0 Å². The third-order valence-electron chi connectivity index (χ3n) is 7.83. The van der Waals surface area contributed by atoms with E-state index in [9.17, 15) is 4.79 Å². The summed E-state index contributed by atoms with van der Waals surface area (Å²) in [6.45, 7) is 24.0. The zero-order valence-corrected chi connectivity index (χ0v) is 30.7. The van der Waals surface area contributed by atoms with E-state index in [0.717, 1.165) is 23.5 Å². The Labute approximate surface area is 253 Å². The fourth-order valence-electron chi connectivity index (χ4n) is 6.72. The van der Waals surface area contributed by atoms with Crippen molar-refractivity contribution in [2.75, 3.05) is 0 Å². The quantitative estimate of drug-likeness (QED) is 0.195. The predicted molar refractivity (Wildman–Crippen MR) is 183 cm³/mol. The number of aromatic nitrogens is 4. The predicted octanol–water partition coefficient (Wildman–Crippen LogP) is 7.30. The Kier molecular flexibility index (Phi) is 9.01. The van der Waals surface area contributed by atoms with Crippen LogP contribution < -0.4 is 5.30 Å². The largest absolute Gasteiger partial charge is 0.300 e. The fraction of sp³-hybridized carbons (Fsp3) is 0.531. The summed E-state index contributed by atoms with van der Waals surface area (Å²) in [5.74, 6) is 0.373. The van der Waals surface area contributed by atoms with Crippen LogP contribution in [-0.2, 0) is 22.0 Å². The Balaban J connectivity index is 2.16. The van der Waals surface area contributed by atoms with Gasteiger partial charge in [-0.1, -0.05) is 87.0 Å². The van der Waals surface area contributed by atoms with E-state index < -0.39 is 29.2 Å². The first-order valence-electron chi connectivity index (χ1n) is 14.6. The van der Waals surface area contributed by atoms with Gasteiger partial charge in [0.05, 0.1) is 28.9 Å². The van der Waals surface area contributed by atoms with Crippen LogP contribution >= 0.6 is 17.2 Å². The Morgan fingerprint density at radius 1 is 0.780 bits per heavy atom. The van der Waals surface area contributed by atoms with Crippen molar-refractivity contribution in [2.45, 2.75) is 107 Å². The minimum absolute atomic E-state index is 0.143. The number of benzene rings is 1. The van der Waals surface area contributed by atoms with E-state index in [1.54, 1.807) is 24.8 Å². The highest BCUT2D eigenvalue weighted by Crippen LogP contribution is 2.65. The molecule has 1 aliphatic heterocycles. The summed E-state index contributed by atoms with van der Waals surface area (Å²) in [4.78, 5) is 31.8. The first-order valence-corrected chi connectivity index (χ1v) is 24.0. The summed E-state index contributed by atoms with van der Waals surface area (Å²) in [5.41, 5.74) is 5.85. The molecule has 0 aliphatic carbocycles. The van der Waals surface area contributed by atoms with Crippen LogP contribution in [-0.4, -0.2) is 52.2 Å². The molecule has 3 heterocycles. The van der Waals surface area contributed by atoms with E-state index in [2.05, 4.69) is 98.3 Å². The van der Waals surface area contributed by atoms with Crippen LogP contribution in [0.5, 0.6) is 0 Å². The minimum Gasteiger partial charge on any atom is -0.300 e. The van der Waals surface area contributed by atoms with Crippen molar-refractivity contribution < 1.29 is 4.79 Å². The Morgan fingerprint density at radius 3 is 1.61 bits per heavy atom. The molecule has 2 aromatic heterocycles. The lowest BCUT2D eigenvalue weighted by atomic mass is 9.89. The van der Waals surface area contributed by atoms with Gasteiger partial charge < -0.3 is 0 Å². The van der Waals surface area contributed by atoms with Gasteiger partial charge >= 0.3 is 0 Å². The molecule has 0 amide bonds. The molecule has 1 fully saturated rings. The zero-order chi connectivity index (χ0) is 30.4. The summed E-state index contributed by atoms with van der Waals surface area (Å²) in [6.07, 6.45) is 12.0. The summed E-state index contributed by atoms with van der Waals surface area (Å²) in [5, 5.41) is 0.354. The summed E-state index contributed by atoms with van der Waals surface area (Å²) >= 11 is 0. The van der Waals surface area contributed by atoms with Gasteiger partial charge in [-0.15, -0.1) is 9.24 Å². The van der Waals surface area contributed by atoms with Crippen molar-refractivity contribution in [1.82, 2.24) is 19.9 Å². The maximum absolute atomic E-state index is 13.0. The van der Waals surface area contributed by atoms with Crippen LogP contribution in [0.4, 0.5) is 0 Å². The molecular weight excluding hydrogens is 574 g/mol. The van der Waals surface area contributed by atoms with E-state index in [1.807, 2.05) is 12.4 Å². The molecule has 1 saturated heterocycles. The molecule has 41 heavy (non-hydrogen) atoms. The molecule has 0 N–H and O–H groups in total. The van der Waals surface area contributed by atoms with Gasteiger partial charge in [0.15, 0.2) is 0 Å². The topological polar surface area (TPSA) is 68.6 Å². The third-order valence-corrected chi connectivity index (χ3v) is 15.2. The number of carbonyl (C=O) groups is 1. The number of nitrogens with zero attached hydrogens (tertiary/aromatic N) is 4. The van der Waals surface area contributed by atoms with Gasteiger partial charge in [0.1, 0.15) is 5.78 Å². The van der Waals surface area contributed by atoms with Crippen LogP contribution in [0, 0.1) is 0 Å². The van der Waals surface area contributed by atoms with Crippen molar-refractivity contribution in [2.24, 2.45) is 0 Å². The van der Waals surface area contributed by atoms with Gasteiger partial charge in [-0.2, -0.15) is 0 Å². The Morgan fingerprint density at radius 2 is 1.22 bits per heavy atom. The van der Waals surface area contributed by atoms with Crippen LogP contribution in [0.1, 0.15) is 68.6 Å². The second-order valence-electron chi connectivity index (χ2n) is 15.5. The monoisotopic (exact) mass is 622 g/mol. The summed E-state index contributed by atoms with van der Waals surface area (Å²) < 4.78 is 0. The molecule has 5 nitrogen and oxygen atoms in total. The molecule has 0 spiro atoms. The van der Waals surface area contributed by atoms with Crippen molar-refractivity contribution in [3.05, 3.63) is 77.4 Å². The molecule has 0 saturated carbocycles. The first kappa shape index (κ1) is 32.3. The number of hydrogen-bond acceptors (Lipinski definition) is 5. The van der Waals surface area contributed by atoms with Crippen LogP contribution in [0.2, 0.25) is 39.3 Å². The molecule has 3 aromatic rings. The highest BCUT2D eigenvalue weighted by atomic mass is 31.1. The molecule has 220 valence electrons. The number of carbonyl (C=O) groups excluding carboxylic acids is 1. The second-order valence-corrected chi connectivity index (χ2v) is 30.8. The molecule has 0 radical (unpaired) electrons.